The van der Waals surface area contributed by atoms with Gasteiger partial charge in [-0.1, -0.05) is 18.2 Å². The van der Waals surface area contributed by atoms with Crippen LogP contribution in [-0.4, -0.2) is 47.3 Å². The third-order valence-corrected chi connectivity index (χ3v) is 4.13. The molecule has 4 nitrogen and oxygen atoms in total. The van der Waals surface area contributed by atoms with Gasteiger partial charge in [0.05, 0.1) is 6.61 Å². The fourth-order valence-electron chi connectivity index (χ4n) is 3.10. The van der Waals surface area contributed by atoms with Crippen molar-refractivity contribution in [3.8, 4) is 0 Å². The molecule has 2 aromatic rings. The Morgan fingerprint density at radius 1 is 1.30 bits per heavy atom. The summed E-state index contributed by atoms with van der Waals surface area (Å²) in [4.78, 5) is 5.67. The summed E-state index contributed by atoms with van der Waals surface area (Å²) in [6.07, 6.45) is 4.61. The van der Waals surface area contributed by atoms with Crippen molar-refractivity contribution >= 4 is 10.9 Å². The molecule has 1 saturated heterocycles. The molecule has 1 aliphatic heterocycles. The zero-order valence-corrected chi connectivity index (χ0v) is 11.8. The fourth-order valence-corrected chi connectivity index (χ4v) is 3.10. The molecule has 3 rings (SSSR count). The molecule has 0 bridgehead atoms. The third-order valence-electron chi connectivity index (χ3n) is 4.13. The van der Waals surface area contributed by atoms with E-state index in [0.29, 0.717) is 6.04 Å². The highest BCUT2D eigenvalue weighted by Gasteiger charge is 2.18. The maximum atomic E-state index is 9.28. The lowest BCUT2D eigenvalue weighted by Gasteiger charge is -2.24. The van der Waals surface area contributed by atoms with Crippen LogP contribution < -0.4 is 5.32 Å². The van der Waals surface area contributed by atoms with Crippen LogP contribution in [0, 0.1) is 0 Å². The normalized spacial score (nSPS) is 19.2. The van der Waals surface area contributed by atoms with E-state index in [-0.39, 0.29) is 6.61 Å². The summed E-state index contributed by atoms with van der Waals surface area (Å²) in [6, 6.07) is 8.97. The average Bonchev–Trinajstić information content (AvgIpc) is 3.10. The molecule has 0 saturated carbocycles. The van der Waals surface area contributed by atoms with Gasteiger partial charge in [-0.05, 0) is 31.0 Å². The number of para-hydroxylation sites is 1. The Kier molecular flexibility index (Phi) is 4.35. The lowest BCUT2D eigenvalue weighted by molar-refractivity contribution is 0.179. The molecule has 1 aromatic carbocycles. The van der Waals surface area contributed by atoms with E-state index in [1.807, 2.05) is 0 Å². The van der Waals surface area contributed by atoms with Crippen LogP contribution in [0.2, 0.25) is 0 Å². The first kappa shape index (κ1) is 13.6. The van der Waals surface area contributed by atoms with Gasteiger partial charge in [0.1, 0.15) is 0 Å². The van der Waals surface area contributed by atoms with Crippen LogP contribution in [0.5, 0.6) is 0 Å². The number of fused-ring (bicyclic) bond motifs is 1. The number of aliphatic hydroxyl groups excluding tert-OH is 1. The van der Waals surface area contributed by atoms with Crippen molar-refractivity contribution in [2.75, 3.05) is 26.2 Å². The van der Waals surface area contributed by atoms with E-state index < -0.39 is 0 Å². The number of hydrogen-bond acceptors (Lipinski definition) is 3. The zero-order valence-electron chi connectivity index (χ0n) is 11.8. The number of aromatic nitrogens is 1. The quantitative estimate of drug-likeness (QED) is 0.751. The van der Waals surface area contributed by atoms with Crippen molar-refractivity contribution < 1.29 is 5.11 Å². The van der Waals surface area contributed by atoms with Crippen molar-refractivity contribution in [2.24, 2.45) is 0 Å². The Morgan fingerprint density at radius 2 is 2.20 bits per heavy atom. The van der Waals surface area contributed by atoms with Gasteiger partial charge in [-0.3, -0.25) is 4.90 Å². The molecule has 0 amide bonds. The summed E-state index contributed by atoms with van der Waals surface area (Å²) in [5.74, 6) is 0. The van der Waals surface area contributed by atoms with E-state index in [0.717, 1.165) is 26.2 Å². The molecule has 1 fully saturated rings. The topological polar surface area (TPSA) is 51.3 Å². The predicted molar refractivity (Wildman–Crippen MR) is 81.7 cm³/mol. The second kappa shape index (κ2) is 6.39. The number of nitrogens with one attached hydrogen (secondary N) is 2. The Morgan fingerprint density at radius 3 is 3.00 bits per heavy atom. The van der Waals surface area contributed by atoms with Gasteiger partial charge in [0, 0.05) is 42.8 Å². The molecule has 1 unspecified atom stereocenters. The Hall–Kier alpha value is -1.36. The molecule has 1 atom stereocenters. The highest BCUT2D eigenvalue weighted by Crippen LogP contribution is 2.19. The van der Waals surface area contributed by atoms with Crippen LogP contribution in [0.3, 0.4) is 0 Å². The van der Waals surface area contributed by atoms with Crippen LogP contribution >= 0.6 is 0 Å². The number of aromatic amines is 1. The number of H-pyrrole nitrogens is 1. The van der Waals surface area contributed by atoms with Crippen molar-refractivity contribution in [3.05, 3.63) is 36.0 Å². The fraction of sp³-hybridized carbons (Fsp3) is 0.500. The molecule has 4 heteroatoms. The summed E-state index contributed by atoms with van der Waals surface area (Å²) in [6.45, 7) is 3.99. The molecular weight excluding hydrogens is 250 g/mol. The highest BCUT2D eigenvalue weighted by molar-refractivity contribution is 5.82. The highest BCUT2D eigenvalue weighted by atomic mass is 16.3. The van der Waals surface area contributed by atoms with E-state index in [2.05, 4.69) is 45.7 Å². The molecule has 0 aliphatic carbocycles. The zero-order chi connectivity index (χ0) is 13.8. The minimum absolute atomic E-state index is 0.217. The lowest BCUT2D eigenvalue weighted by atomic mass is 10.1. The SMILES string of the molecule is OCCN(Cc1c[nH]c2ccccc12)CC1CCCN1. The Balaban J connectivity index is 1.71. The van der Waals surface area contributed by atoms with Gasteiger partial charge in [0.25, 0.3) is 0 Å². The third kappa shape index (κ3) is 3.03. The maximum Gasteiger partial charge on any atom is 0.0558 e. The van der Waals surface area contributed by atoms with E-state index in [4.69, 9.17) is 0 Å². The monoisotopic (exact) mass is 273 g/mol. The van der Waals surface area contributed by atoms with Gasteiger partial charge in [-0.15, -0.1) is 0 Å². The molecule has 1 aliphatic rings. The number of aliphatic hydroxyl groups is 1. The van der Waals surface area contributed by atoms with E-state index >= 15 is 0 Å². The molecule has 108 valence electrons. The molecule has 0 spiro atoms. The minimum Gasteiger partial charge on any atom is -0.395 e. The first-order chi connectivity index (χ1) is 9.86. The first-order valence-electron chi connectivity index (χ1n) is 7.48. The number of rotatable bonds is 6. The summed E-state index contributed by atoms with van der Waals surface area (Å²) in [5.41, 5.74) is 2.50. The average molecular weight is 273 g/mol. The van der Waals surface area contributed by atoms with Gasteiger partial charge in [-0.25, -0.2) is 0 Å². The predicted octanol–water partition coefficient (Wildman–Crippen LogP) is 1.71. The molecule has 3 N–H and O–H groups in total. The van der Waals surface area contributed by atoms with Gasteiger partial charge in [0.15, 0.2) is 0 Å². The van der Waals surface area contributed by atoms with Crippen molar-refractivity contribution in [3.63, 3.8) is 0 Å². The standard InChI is InChI=1S/C16H23N3O/c20-9-8-19(12-14-4-3-7-17-14)11-13-10-18-16-6-2-1-5-15(13)16/h1-2,5-6,10,14,17-18,20H,3-4,7-9,11-12H2. The molecule has 0 radical (unpaired) electrons. The van der Waals surface area contributed by atoms with E-state index in [9.17, 15) is 5.11 Å². The van der Waals surface area contributed by atoms with Gasteiger partial charge >= 0.3 is 0 Å². The van der Waals surface area contributed by atoms with E-state index in [1.54, 1.807) is 0 Å². The van der Waals surface area contributed by atoms with Crippen LogP contribution in [0.15, 0.2) is 30.5 Å². The largest absolute Gasteiger partial charge is 0.395 e. The molecule has 2 heterocycles. The van der Waals surface area contributed by atoms with Gasteiger partial charge in [0.2, 0.25) is 0 Å². The summed E-state index contributed by atoms with van der Waals surface area (Å²) in [5, 5.41) is 14.1. The van der Waals surface area contributed by atoms with Gasteiger partial charge < -0.3 is 15.4 Å². The van der Waals surface area contributed by atoms with Crippen LogP contribution in [0.25, 0.3) is 10.9 Å². The summed E-state index contributed by atoms with van der Waals surface area (Å²) >= 11 is 0. The van der Waals surface area contributed by atoms with Crippen LogP contribution in [0.1, 0.15) is 18.4 Å². The first-order valence-corrected chi connectivity index (χ1v) is 7.48. The number of benzene rings is 1. The van der Waals surface area contributed by atoms with Gasteiger partial charge in [-0.2, -0.15) is 0 Å². The Bertz CT molecular complexity index is 545. The molecule has 1 aromatic heterocycles. The van der Waals surface area contributed by atoms with Crippen molar-refractivity contribution in [1.29, 1.82) is 0 Å². The number of hydrogen-bond donors (Lipinski definition) is 3. The lowest BCUT2D eigenvalue weighted by Crippen LogP contribution is -2.38. The summed E-state index contributed by atoms with van der Waals surface area (Å²) < 4.78 is 0. The smallest absolute Gasteiger partial charge is 0.0558 e. The Labute approximate surface area is 119 Å². The molecular formula is C16H23N3O. The van der Waals surface area contributed by atoms with Crippen molar-refractivity contribution in [1.82, 2.24) is 15.2 Å². The van der Waals surface area contributed by atoms with Crippen LogP contribution in [-0.2, 0) is 6.54 Å². The second-order valence-corrected chi connectivity index (χ2v) is 5.61. The summed E-state index contributed by atoms with van der Waals surface area (Å²) in [7, 11) is 0. The molecule has 20 heavy (non-hydrogen) atoms. The van der Waals surface area contributed by atoms with Crippen LogP contribution in [0.4, 0.5) is 0 Å². The van der Waals surface area contributed by atoms with Crippen molar-refractivity contribution in [2.45, 2.75) is 25.4 Å². The maximum absolute atomic E-state index is 9.28. The van der Waals surface area contributed by atoms with E-state index in [1.165, 1.54) is 29.3 Å². The number of nitrogens with zero attached hydrogens (tertiary/aromatic N) is 1. The minimum atomic E-state index is 0.217. The second-order valence-electron chi connectivity index (χ2n) is 5.61.